The maximum Gasteiger partial charge on any atom is 0.222 e. The summed E-state index contributed by atoms with van der Waals surface area (Å²) in [6.07, 6.45) is 0.169. The maximum atomic E-state index is 12.2. The van der Waals surface area contributed by atoms with Gasteiger partial charge in [0.25, 0.3) is 0 Å². The number of benzene rings is 2. The molecular weight excluding hydrogens is 332 g/mol. The van der Waals surface area contributed by atoms with Crippen LogP contribution in [0.5, 0.6) is 11.5 Å². The van der Waals surface area contributed by atoms with Crippen LogP contribution in [0.2, 0.25) is 0 Å². The van der Waals surface area contributed by atoms with Crippen LogP contribution in [0.1, 0.15) is 24.9 Å². The van der Waals surface area contributed by atoms with Crippen molar-refractivity contribution in [3.63, 3.8) is 0 Å². The summed E-state index contributed by atoms with van der Waals surface area (Å²) in [7, 11) is 1.59. The van der Waals surface area contributed by atoms with Crippen LogP contribution in [0.3, 0.4) is 0 Å². The fourth-order valence-corrected chi connectivity index (χ4v) is 2.49. The van der Waals surface area contributed by atoms with Crippen molar-refractivity contribution in [3.8, 4) is 11.5 Å². The molecule has 6 heteroatoms. The van der Waals surface area contributed by atoms with E-state index < -0.39 is 0 Å². The topological polar surface area (TPSA) is 76.7 Å². The van der Waals surface area contributed by atoms with Crippen molar-refractivity contribution < 1.29 is 19.1 Å². The van der Waals surface area contributed by atoms with Crippen LogP contribution in [-0.4, -0.2) is 32.1 Å². The van der Waals surface area contributed by atoms with Crippen LogP contribution in [0.25, 0.3) is 0 Å². The minimum Gasteiger partial charge on any atom is -0.497 e. The minimum atomic E-state index is -0.354. The van der Waals surface area contributed by atoms with Gasteiger partial charge in [-0.2, -0.15) is 0 Å². The molecule has 2 N–H and O–H groups in total. The first kappa shape index (κ1) is 19.3. The molecule has 2 aromatic carbocycles. The lowest BCUT2D eigenvalue weighted by Gasteiger charge is -2.18. The summed E-state index contributed by atoms with van der Waals surface area (Å²) >= 11 is 0. The molecule has 0 aliphatic heterocycles. The Kier molecular flexibility index (Phi) is 7.49. The van der Waals surface area contributed by atoms with Gasteiger partial charge in [0, 0.05) is 13.0 Å². The van der Waals surface area contributed by atoms with Gasteiger partial charge in [0.05, 0.1) is 26.1 Å². The van der Waals surface area contributed by atoms with E-state index in [4.69, 9.17) is 9.47 Å². The second kappa shape index (κ2) is 10.1. The molecule has 0 bridgehead atoms. The lowest BCUT2D eigenvalue weighted by atomic mass is 10.0. The zero-order valence-electron chi connectivity index (χ0n) is 15.0. The van der Waals surface area contributed by atoms with Crippen molar-refractivity contribution in [1.29, 1.82) is 0 Å². The van der Waals surface area contributed by atoms with Crippen LogP contribution in [0.4, 0.5) is 0 Å². The van der Waals surface area contributed by atoms with Crippen molar-refractivity contribution >= 4 is 11.8 Å². The first-order valence-electron chi connectivity index (χ1n) is 8.44. The molecule has 0 saturated carbocycles. The molecule has 2 aromatic rings. The molecule has 0 radical (unpaired) electrons. The van der Waals surface area contributed by atoms with E-state index in [0.29, 0.717) is 24.7 Å². The molecule has 0 aliphatic carbocycles. The number of hydrogen-bond donors (Lipinski definition) is 2. The highest BCUT2D eigenvalue weighted by Crippen LogP contribution is 2.19. The number of carbonyl (C=O) groups is 2. The van der Waals surface area contributed by atoms with Gasteiger partial charge in [0.1, 0.15) is 18.1 Å². The second-order valence-corrected chi connectivity index (χ2v) is 5.75. The predicted octanol–water partition coefficient (Wildman–Crippen LogP) is 2.46. The average Bonchev–Trinajstić information content (AvgIpc) is 2.65. The summed E-state index contributed by atoms with van der Waals surface area (Å²) in [4.78, 5) is 23.6. The Morgan fingerprint density at radius 2 is 1.77 bits per heavy atom. The molecule has 26 heavy (non-hydrogen) atoms. The fraction of sp³-hybridized carbons (Fsp3) is 0.300. The Morgan fingerprint density at radius 1 is 1.04 bits per heavy atom. The number of rotatable bonds is 9. The Labute approximate surface area is 153 Å². The molecule has 0 fully saturated rings. The van der Waals surface area contributed by atoms with E-state index in [9.17, 15) is 9.59 Å². The lowest BCUT2D eigenvalue weighted by Crippen LogP contribution is -2.34. The van der Waals surface area contributed by atoms with Crippen molar-refractivity contribution in [2.24, 2.45) is 0 Å². The van der Waals surface area contributed by atoms with E-state index in [0.717, 1.165) is 5.56 Å². The summed E-state index contributed by atoms with van der Waals surface area (Å²) in [5.41, 5.74) is 0.894. The van der Waals surface area contributed by atoms with Crippen molar-refractivity contribution in [2.75, 3.05) is 20.3 Å². The molecular formula is C20H24N2O4. The average molecular weight is 356 g/mol. The summed E-state index contributed by atoms with van der Waals surface area (Å²) in [6, 6.07) is 16.4. The van der Waals surface area contributed by atoms with E-state index in [-0.39, 0.29) is 24.3 Å². The van der Waals surface area contributed by atoms with Gasteiger partial charge in [0.15, 0.2) is 0 Å². The van der Waals surface area contributed by atoms with Gasteiger partial charge in [-0.3, -0.25) is 9.59 Å². The summed E-state index contributed by atoms with van der Waals surface area (Å²) in [5, 5.41) is 5.62. The predicted molar refractivity (Wildman–Crippen MR) is 99.1 cm³/mol. The van der Waals surface area contributed by atoms with Crippen molar-refractivity contribution in [3.05, 3.63) is 60.2 Å². The van der Waals surface area contributed by atoms with Crippen LogP contribution >= 0.6 is 0 Å². The third-order valence-electron chi connectivity index (χ3n) is 3.70. The zero-order valence-corrected chi connectivity index (χ0v) is 15.0. The van der Waals surface area contributed by atoms with Crippen LogP contribution in [0, 0.1) is 0 Å². The van der Waals surface area contributed by atoms with Crippen LogP contribution in [-0.2, 0) is 9.59 Å². The highest BCUT2D eigenvalue weighted by molar-refractivity contribution is 5.79. The lowest BCUT2D eigenvalue weighted by molar-refractivity contribution is -0.122. The quantitative estimate of drug-likeness (QED) is 0.677. The fourth-order valence-electron chi connectivity index (χ4n) is 2.49. The first-order valence-corrected chi connectivity index (χ1v) is 8.44. The molecule has 0 aliphatic rings. The molecule has 6 nitrogen and oxygen atoms in total. The standard InChI is InChI=1S/C20H24N2O4/c1-15(23)22-19(16-7-4-3-5-8-16)14-20(24)21-11-12-26-18-10-6-9-17(13-18)25-2/h3-10,13,19H,11-12,14H2,1-2H3,(H,21,24)(H,22,23). The number of hydrogen-bond acceptors (Lipinski definition) is 4. The van der Waals surface area contributed by atoms with E-state index in [1.54, 1.807) is 13.2 Å². The van der Waals surface area contributed by atoms with E-state index in [1.807, 2.05) is 48.5 Å². The SMILES string of the molecule is COc1cccc(OCCNC(=O)CC(NC(C)=O)c2ccccc2)c1. The number of nitrogens with one attached hydrogen (secondary N) is 2. The second-order valence-electron chi connectivity index (χ2n) is 5.75. The van der Waals surface area contributed by atoms with E-state index in [2.05, 4.69) is 10.6 Å². The number of ether oxygens (including phenoxy) is 2. The number of carbonyl (C=O) groups excluding carboxylic acids is 2. The molecule has 138 valence electrons. The minimum absolute atomic E-state index is 0.151. The molecule has 1 unspecified atom stereocenters. The molecule has 2 rings (SSSR count). The highest BCUT2D eigenvalue weighted by Gasteiger charge is 2.16. The van der Waals surface area contributed by atoms with Gasteiger partial charge in [-0.05, 0) is 17.7 Å². The van der Waals surface area contributed by atoms with Crippen LogP contribution < -0.4 is 20.1 Å². The molecule has 2 amide bonds. The molecule has 0 saturated heterocycles. The van der Waals surface area contributed by atoms with Gasteiger partial charge in [-0.1, -0.05) is 36.4 Å². The third-order valence-corrected chi connectivity index (χ3v) is 3.70. The molecule has 0 aromatic heterocycles. The smallest absolute Gasteiger partial charge is 0.222 e. The normalized spacial score (nSPS) is 11.3. The number of amides is 2. The summed E-state index contributed by atoms with van der Waals surface area (Å²) in [6.45, 7) is 2.16. The van der Waals surface area contributed by atoms with Gasteiger partial charge in [-0.25, -0.2) is 0 Å². The Hall–Kier alpha value is -3.02. The van der Waals surface area contributed by atoms with E-state index >= 15 is 0 Å². The van der Waals surface area contributed by atoms with Gasteiger partial charge in [-0.15, -0.1) is 0 Å². The maximum absolute atomic E-state index is 12.2. The Morgan fingerprint density at radius 3 is 2.46 bits per heavy atom. The van der Waals surface area contributed by atoms with Gasteiger partial charge >= 0.3 is 0 Å². The molecule has 0 heterocycles. The van der Waals surface area contributed by atoms with Gasteiger partial charge < -0.3 is 20.1 Å². The summed E-state index contributed by atoms with van der Waals surface area (Å²) in [5.74, 6) is 1.07. The van der Waals surface area contributed by atoms with Crippen molar-refractivity contribution in [2.45, 2.75) is 19.4 Å². The largest absolute Gasteiger partial charge is 0.497 e. The summed E-state index contributed by atoms with van der Waals surface area (Å²) < 4.78 is 10.7. The zero-order chi connectivity index (χ0) is 18.8. The first-order chi connectivity index (χ1) is 12.6. The van der Waals surface area contributed by atoms with Crippen molar-refractivity contribution in [1.82, 2.24) is 10.6 Å². The van der Waals surface area contributed by atoms with Gasteiger partial charge in [0.2, 0.25) is 11.8 Å². The third kappa shape index (κ3) is 6.47. The Balaban J connectivity index is 1.79. The molecule has 1 atom stereocenters. The van der Waals surface area contributed by atoms with Crippen LogP contribution in [0.15, 0.2) is 54.6 Å². The number of methoxy groups -OCH3 is 1. The van der Waals surface area contributed by atoms with E-state index in [1.165, 1.54) is 6.92 Å². The highest BCUT2D eigenvalue weighted by atomic mass is 16.5. The monoisotopic (exact) mass is 356 g/mol. The molecule has 0 spiro atoms. The Bertz CT molecular complexity index is 719.